The molecule has 0 bridgehead atoms. The third-order valence-corrected chi connectivity index (χ3v) is 14.6. The van der Waals surface area contributed by atoms with Crippen molar-refractivity contribution < 1.29 is 66.7 Å². The van der Waals surface area contributed by atoms with Gasteiger partial charge in [-0.05, 0) is 65.0 Å². The molecule has 0 aromatic carbocycles. The monoisotopic (exact) mass is 1060 g/mol. The Morgan fingerprint density at radius 2 is 0.680 bits per heavy atom. The summed E-state index contributed by atoms with van der Waals surface area (Å²) in [6.07, 6.45) is 27.3. The van der Waals surface area contributed by atoms with E-state index in [0.29, 0.717) is 44.9 Å². The number of ether oxygens (including phenoxy) is 7. The van der Waals surface area contributed by atoms with Gasteiger partial charge in [0, 0.05) is 43.6 Å². The summed E-state index contributed by atoms with van der Waals surface area (Å²) in [4.78, 5) is 95.7. The number of likely N-dealkylation sites (N-methyl/N-ethyl adjacent to an activating group) is 1. The lowest BCUT2D eigenvalue weighted by Crippen LogP contribution is -2.55. The van der Waals surface area contributed by atoms with Crippen LogP contribution in [0.1, 0.15) is 246 Å². The van der Waals surface area contributed by atoms with Crippen LogP contribution in [0.3, 0.4) is 0 Å². The number of hydrogen-bond donors (Lipinski definition) is 0. The van der Waals surface area contributed by atoms with E-state index in [9.17, 15) is 33.6 Å². The number of rotatable bonds is 46. The highest BCUT2D eigenvalue weighted by Crippen LogP contribution is 2.27. The first-order valence-corrected chi connectivity index (χ1v) is 30.0. The fourth-order valence-electron chi connectivity index (χ4n) is 9.44. The predicted octanol–water partition coefficient (Wildman–Crippen LogP) is 12.3. The number of amides is 1. The summed E-state index contributed by atoms with van der Waals surface area (Å²) < 4.78 is 40.0. The maximum atomic E-state index is 14.0. The van der Waals surface area contributed by atoms with Crippen molar-refractivity contribution >= 4 is 41.9 Å². The van der Waals surface area contributed by atoms with Crippen molar-refractivity contribution in [3.8, 4) is 0 Å². The van der Waals surface area contributed by atoms with Gasteiger partial charge in [-0.1, -0.05) is 156 Å². The van der Waals surface area contributed by atoms with E-state index in [1.165, 1.54) is 30.6 Å². The van der Waals surface area contributed by atoms with Gasteiger partial charge in [0.25, 0.3) is 0 Å². The highest BCUT2D eigenvalue weighted by atomic mass is 16.6. The Morgan fingerprint density at radius 1 is 0.373 bits per heavy atom. The molecule has 2 fully saturated rings. The van der Waals surface area contributed by atoms with Gasteiger partial charge in [0.15, 0.2) is 0 Å². The van der Waals surface area contributed by atoms with E-state index in [4.69, 9.17) is 33.2 Å². The molecule has 0 saturated carbocycles. The van der Waals surface area contributed by atoms with Gasteiger partial charge >= 0.3 is 41.9 Å². The normalized spacial score (nSPS) is 16.6. The van der Waals surface area contributed by atoms with Gasteiger partial charge in [-0.3, -0.25) is 38.6 Å². The van der Waals surface area contributed by atoms with Gasteiger partial charge in [0.1, 0.15) is 19.8 Å². The summed E-state index contributed by atoms with van der Waals surface area (Å²) in [6, 6.07) is -1.10. The summed E-state index contributed by atoms with van der Waals surface area (Å²) in [5.41, 5.74) is 0. The first kappa shape index (κ1) is 67.2. The van der Waals surface area contributed by atoms with Crippen LogP contribution >= 0.6 is 0 Å². The van der Waals surface area contributed by atoms with Crippen LogP contribution in [0.5, 0.6) is 0 Å². The number of unbranched alkanes of at least 4 members (excludes halogenated alkanes) is 20. The molecular weight excluding hydrogens is 961 g/mol. The highest BCUT2D eigenvalue weighted by molar-refractivity contribution is 5.73. The van der Waals surface area contributed by atoms with Gasteiger partial charge in [-0.15, -0.1) is 0 Å². The number of likely N-dealkylation sites (tertiary alicyclic amines) is 2. The van der Waals surface area contributed by atoms with Crippen LogP contribution in [0.2, 0.25) is 0 Å². The van der Waals surface area contributed by atoms with Crippen LogP contribution in [0.25, 0.3) is 0 Å². The molecular formula is C59H104N2O14. The summed E-state index contributed by atoms with van der Waals surface area (Å²) in [6.45, 7) is 8.97. The number of nitrogens with zero attached hydrogens (tertiary/aromatic N) is 2. The summed E-state index contributed by atoms with van der Waals surface area (Å²) in [7, 11) is 1.97. The number of carbonyl (C=O) groups excluding carboxylic acids is 7. The van der Waals surface area contributed by atoms with Crippen LogP contribution in [0, 0.1) is 11.8 Å². The van der Waals surface area contributed by atoms with Crippen molar-refractivity contribution in [1.29, 1.82) is 0 Å². The van der Waals surface area contributed by atoms with Gasteiger partial charge in [0.05, 0.1) is 51.4 Å². The zero-order valence-corrected chi connectivity index (χ0v) is 47.7. The van der Waals surface area contributed by atoms with E-state index in [1.54, 1.807) is 0 Å². The van der Waals surface area contributed by atoms with Gasteiger partial charge in [-0.25, -0.2) is 4.79 Å². The average Bonchev–Trinajstić information content (AvgIpc) is 3.40. The lowest BCUT2D eigenvalue weighted by Gasteiger charge is -2.42. The summed E-state index contributed by atoms with van der Waals surface area (Å²) in [5.74, 6) is -3.90. The first-order valence-electron chi connectivity index (χ1n) is 30.0. The number of carbonyl (C=O) groups is 7. The van der Waals surface area contributed by atoms with Crippen LogP contribution in [-0.4, -0.2) is 130 Å². The van der Waals surface area contributed by atoms with Gasteiger partial charge in [0.2, 0.25) is 0 Å². The van der Waals surface area contributed by atoms with Crippen LogP contribution in [0.4, 0.5) is 4.79 Å². The molecule has 3 atom stereocenters. The van der Waals surface area contributed by atoms with Crippen molar-refractivity contribution in [2.45, 2.75) is 264 Å². The molecule has 1 unspecified atom stereocenters. The summed E-state index contributed by atoms with van der Waals surface area (Å²) in [5, 5.41) is 0. The first-order chi connectivity index (χ1) is 36.4. The lowest BCUT2D eigenvalue weighted by molar-refractivity contribution is -0.157. The smallest absolute Gasteiger partial charge is 0.410 e. The molecule has 16 heteroatoms. The minimum Gasteiger partial charge on any atom is -0.465 e. The second-order valence-corrected chi connectivity index (χ2v) is 21.5. The van der Waals surface area contributed by atoms with E-state index in [0.717, 1.165) is 116 Å². The largest absolute Gasteiger partial charge is 0.465 e. The maximum Gasteiger partial charge on any atom is 0.410 e. The molecule has 0 spiro atoms. The quantitative estimate of drug-likeness (QED) is 0.0317. The second-order valence-electron chi connectivity index (χ2n) is 21.5. The van der Waals surface area contributed by atoms with Crippen LogP contribution < -0.4 is 0 Å². The van der Waals surface area contributed by atoms with E-state index >= 15 is 0 Å². The molecule has 0 N–H and O–H groups in total. The molecule has 16 nitrogen and oxygen atoms in total. The third kappa shape index (κ3) is 33.7. The zero-order chi connectivity index (χ0) is 54.7. The minimum atomic E-state index is -0.630. The van der Waals surface area contributed by atoms with Crippen molar-refractivity contribution in [3.63, 3.8) is 0 Å². The Balaban J connectivity index is 2.11. The van der Waals surface area contributed by atoms with E-state index in [2.05, 4.69) is 32.6 Å². The van der Waals surface area contributed by atoms with Crippen LogP contribution in [0.15, 0.2) is 0 Å². The van der Waals surface area contributed by atoms with Crippen molar-refractivity contribution in [2.75, 3.05) is 59.8 Å². The standard InChI is InChI=1S/C59H104N2O14/c1-6-10-14-18-22-26-33-53(62)69-41-48(42-70-54(63)34-27-23-19-15-11-7-2)39-57(66)73-46-51-31-30-32-52(61(51)59(68)75-45-50-37-38-60(50)5)47-74-58(67)40-49(43-71-55(64)35-28-24-20-16-12-8-3)44-72-56(65)36-29-25-21-17-13-9-4/h48-52H,6-47H2,1-5H3/t50?,51-,52-/m0/s1. The van der Waals surface area contributed by atoms with E-state index < -0.39 is 42.0 Å². The molecule has 2 rings (SSSR count). The molecule has 2 heterocycles. The molecule has 2 saturated heterocycles. The molecule has 1 amide bonds. The molecule has 2 aliphatic heterocycles. The Morgan fingerprint density at radius 3 is 0.973 bits per heavy atom. The fourth-order valence-corrected chi connectivity index (χ4v) is 9.44. The van der Waals surface area contributed by atoms with E-state index in [-0.39, 0.29) is 115 Å². The Labute approximate surface area is 452 Å². The number of piperidine rings is 1. The highest BCUT2D eigenvalue weighted by Gasteiger charge is 2.38. The minimum absolute atomic E-state index is 0.0831. The zero-order valence-electron chi connectivity index (χ0n) is 47.7. The fraction of sp³-hybridized carbons (Fsp3) is 0.881. The van der Waals surface area contributed by atoms with Crippen molar-refractivity contribution in [1.82, 2.24) is 9.80 Å². The van der Waals surface area contributed by atoms with Gasteiger partial charge < -0.3 is 33.2 Å². The molecule has 0 aromatic heterocycles. The molecule has 0 radical (unpaired) electrons. The molecule has 2 aliphatic rings. The maximum absolute atomic E-state index is 14.0. The molecule has 0 aromatic rings. The topological polar surface area (TPSA) is 191 Å². The Kier molecular flexibility index (Phi) is 39.5. The Hall–Kier alpha value is -3.95. The second kappa shape index (κ2) is 44.1. The van der Waals surface area contributed by atoms with Crippen molar-refractivity contribution in [3.05, 3.63) is 0 Å². The van der Waals surface area contributed by atoms with Crippen LogP contribution in [-0.2, 0) is 61.9 Å². The lowest BCUT2D eigenvalue weighted by atomic mass is 9.96. The Bertz CT molecular complexity index is 1400. The molecule has 0 aliphatic carbocycles. The number of esters is 6. The summed E-state index contributed by atoms with van der Waals surface area (Å²) >= 11 is 0. The number of hydrogen-bond acceptors (Lipinski definition) is 15. The predicted molar refractivity (Wildman–Crippen MR) is 290 cm³/mol. The van der Waals surface area contributed by atoms with Gasteiger partial charge in [-0.2, -0.15) is 0 Å². The molecule has 75 heavy (non-hydrogen) atoms. The third-order valence-electron chi connectivity index (χ3n) is 14.6. The van der Waals surface area contributed by atoms with E-state index in [1.807, 2.05) is 7.05 Å². The molecule has 434 valence electrons. The average molecular weight is 1070 g/mol. The SMILES string of the molecule is CCCCCCCCC(=O)OCC(COC(=O)CCCCCCCC)CC(=O)OC[C@@H]1CCC[C@@H](COC(=O)CC(COC(=O)CCCCCCCC)COC(=O)CCCCCCCC)N1C(=O)OCC1CCN1C. The van der Waals surface area contributed by atoms with Crippen molar-refractivity contribution in [2.24, 2.45) is 11.8 Å².